The number of rotatable bonds is 4. The van der Waals surface area contributed by atoms with Crippen molar-refractivity contribution in [2.24, 2.45) is 0 Å². The summed E-state index contributed by atoms with van der Waals surface area (Å²) in [7, 11) is 0. The third kappa shape index (κ3) is 2.59. The van der Waals surface area contributed by atoms with E-state index in [1.807, 2.05) is 6.07 Å². The van der Waals surface area contributed by atoms with Crippen molar-refractivity contribution in [1.82, 2.24) is 4.98 Å². The van der Waals surface area contributed by atoms with Gasteiger partial charge in [-0.05, 0) is 30.0 Å². The van der Waals surface area contributed by atoms with Gasteiger partial charge in [0, 0.05) is 11.5 Å². The van der Waals surface area contributed by atoms with E-state index in [9.17, 15) is 14.7 Å². The summed E-state index contributed by atoms with van der Waals surface area (Å²) in [5, 5.41) is 10.8. The van der Waals surface area contributed by atoms with Crippen molar-refractivity contribution in [2.75, 3.05) is 0 Å². The van der Waals surface area contributed by atoms with Crippen LogP contribution in [0.1, 0.15) is 37.8 Å². The van der Waals surface area contributed by atoms with E-state index in [2.05, 4.69) is 18.8 Å². The minimum Gasteiger partial charge on any atom is -0.507 e. The van der Waals surface area contributed by atoms with Gasteiger partial charge in [-0.25, -0.2) is 0 Å². The Kier molecular flexibility index (Phi) is 4.23. The fraction of sp³-hybridized carbons (Fsp3) is 0.375. The molecule has 0 aliphatic carbocycles. The minimum absolute atomic E-state index is 0.121. The maximum absolute atomic E-state index is 11.6. The van der Waals surface area contributed by atoms with Crippen LogP contribution in [0.3, 0.4) is 0 Å². The van der Waals surface area contributed by atoms with E-state index >= 15 is 0 Å². The summed E-state index contributed by atoms with van der Waals surface area (Å²) in [5.74, 6) is -0.121. The zero-order chi connectivity index (χ0) is 14.7. The number of fused-ring (bicyclic) bond motifs is 1. The molecule has 0 saturated carbocycles. The fourth-order valence-corrected chi connectivity index (χ4v) is 2.57. The Morgan fingerprint density at radius 2 is 1.80 bits per heavy atom. The van der Waals surface area contributed by atoms with Crippen molar-refractivity contribution < 1.29 is 5.11 Å². The third-order valence-electron chi connectivity index (χ3n) is 3.43. The van der Waals surface area contributed by atoms with Gasteiger partial charge in [-0.3, -0.25) is 9.59 Å². The Bertz CT molecular complexity index is 747. The molecule has 106 valence electrons. The first-order valence-corrected chi connectivity index (χ1v) is 6.99. The summed E-state index contributed by atoms with van der Waals surface area (Å²) in [6.45, 7) is 4.17. The molecule has 20 heavy (non-hydrogen) atoms. The summed E-state index contributed by atoms with van der Waals surface area (Å²) in [6.07, 6.45) is 3.66. The molecule has 0 aliphatic rings. The molecule has 0 saturated heterocycles. The molecule has 0 unspecified atom stereocenters. The van der Waals surface area contributed by atoms with Gasteiger partial charge in [0.25, 0.3) is 5.56 Å². The lowest BCUT2D eigenvalue weighted by atomic mass is 9.95. The molecule has 0 spiro atoms. The standard InChI is InChI=1S/C16H19NO3/c1-3-5-10-7-8-12-15(11(10)6-4-2)13(18)9-14(19)16(20)17-12/h7-9,18H,3-6H2,1-2H3,(H,17,19,20). The summed E-state index contributed by atoms with van der Waals surface area (Å²) < 4.78 is 0. The highest BCUT2D eigenvalue weighted by molar-refractivity contribution is 5.88. The lowest BCUT2D eigenvalue weighted by molar-refractivity contribution is 0.481. The maximum atomic E-state index is 11.6. The SMILES string of the molecule is CCCc1ccc2[nH]c(=O)c(=O)cc(O)c2c1CCC. The molecule has 0 aliphatic heterocycles. The van der Waals surface area contributed by atoms with E-state index < -0.39 is 11.0 Å². The van der Waals surface area contributed by atoms with Crippen LogP contribution in [0.5, 0.6) is 5.75 Å². The van der Waals surface area contributed by atoms with E-state index in [-0.39, 0.29) is 5.75 Å². The lowest BCUT2D eigenvalue weighted by Crippen LogP contribution is -2.22. The van der Waals surface area contributed by atoms with Crippen LogP contribution in [-0.4, -0.2) is 10.1 Å². The van der Waals surface area contributed by atoms with Gasteiger partial charge < -0.3 is 10.1 Å². The molecule has 0 amide bonds. The first kappa shape index (κ1) is 14.3. The number of hydrogen-bond acceptors (Lipinski definition) is 3. The van der Waals surface area contributed by atoms with Crippen LogP contribution in [0.4, 0.5) is 0 Å². The van der Waals surface area contributed by atoms with Gasteiger partial charge >= 0.3 is 0 Å². The molecule has 4 heteroatoms. The van der Waals surface area contributed by atoms with Gasteiger partial charge in [0.05, 0.1) is 5.52 Å². The van der Waals surface area contributed by atoms with Crippen LogP contribution in [0.25, 0.3) is 10.9 Å². The number of aromatic amines is 1. The van der Waals surface area contributed by atoms with Crippen LogP contribution in [-0.2, 0) is 12.8 Å². The highest BCUT2D eigenvalue weighted by Crippen LogP contribution is 2.28. The molecule has 0 atom stereocenters. The number of H-pyrrole nitrogens is 1. The molecule has 2 N–H and O–H groups in total. The molecule has 1 heterocycles. The molecular formula is C16H19NO3. The Balaban J connectivity index is 2.92. The topological polar surface area (TPSA) is 70.2 Å². The van der Waals surface area contributed by atoms with Gasteiger partial charge in [-0.2, -0.15) is 0 Å². The van der Waals surface area contributed by atoms with Crippen molar-refractivity contribution >= 4 is 10.9 Å². The molecule has 2 aromatic rings. The summed E-state index contributed by atoms with van der Waals surface area (Å²) in [5.41, 5.74) is 1.27. The average molecular weight is 273 g/mol. The van der Waals surface area contributed by atoms with Crippen LogP contribution in [0, 0.1) is 0 Å². The zero-order valence-corrected chi connectivity index (χ0v) is 11.8. The number of benzene rings is 1. The lowest BCUT2D eigenvalue weighted by Gasteiger charge is -2.11. The van der Waals surface area contributed by atoms with Crippen LogP contribution < -0.4 is 11.0 Å². The Morgan fingerprint density at radius 3 is 2.45 bits per heavy atom. The largest absolute Gasteiger partial charge is 0.507 e. The van der Waals surface area contributed by atoms with Crippen molar-refractivity contribution in [3.05, 3.63) is 49.9 Å². The average Bonchev–Trinajstić information content (AvgIpc) is 2.51. The Morgan fingerprint density at radius 1 is 1.10 bits per heavy atom. The summed E-state index contributed by atoms with van der Waals surface area (Å²) >= 11 is 0. The number of aromatic nitrogens is 1. The van der Waals surface area contributed by atoms with Crippen LogP contribution >= 0.6 is 0 Å². The molecule has 1 aromatic carbocycles. The minimum atomic E-state index is -0.724. The first-order chi connectivity index (χ1) is 9.58. The van der Waals surface area contributed by atoms with Crippen LogP contribution in [0.15, 0.2) is 27.8 Å². The number of nitrogens with one attached hydrogen (secondary N) is 1. The van der Waals surface area contributed by atoms with Gasteiger partial charge in [0.2, 0.25) is 5.43 Å². The monoisotopic (exact) mass is 273 g/mol. The zero-order valence-electron chi connectivity index (χ0n) is 11.8. The quantitative estimate of drug-likeness (QED) is 0.841. The van der Waals surface area contributed by atoms with Gasteiger partial charge in [-0.1, -0.05) is 32.8 Å². The highest BCUT2D eigenvalue weighted by atomic mass is 16.3. The number of aryl methyl sites for hydroxylation is 2. The second-order valence-corrected chi connectivity index (χ2v) is 4.97. The van der Waals surface area contributed by atoms with E-state index in [1.54, 1.807) is 6.07 Å². The molecule has 1 aromatic heterocycles. The Hall–Kier alpha value is -2.10. The predicted octanol–water partition coefficient (Wildman–Crippen LogP) is 2.50. The molecule has 2 rings (SSSR count). The number of hydrogen-bond donors (Lipinski definition) is 2. The van der Waals surface area contributed by atoms with E-state index in [4.69, 9.17) is 0 Å². The molecule has 0 bridgehead atoms. The molecule has 0 radical (unpaired) electrons. The van der Waals surface area contributed by atoms with Crippen molar-refractivity contribution in [1.29, 1.82) is 0 Å². The van der Waals surface area contributed by atoms with Crippen molar-refractivity contribution in [2.45, 2.75) is 39.5 Å². The third-order valence-corrected chi connectivity index (χ3v) is 3.43. The highest BCUT2D eigenvalue weighted by Gasteiger charge is 2.11. The van der Waals surface area contributed by atoms with E-state index in [0.717, 1.165) is 42.9 Å². The molecule has 0 fully saturated rings. The first-order valence-electron chi connectivity index (χ1n) is 6.99. The van der Waals surface area contributed by atoms with Gasteiger partial charge in [0.15, 0.2) is 0 Å². The van der Waals surface area contributed by atoms with Crippen LogP contribution in [0.2, 0.25) is 0 Å². The Labute approximate surface area is 117 Å². The maximum Gasteiger partial charge on any atom is 0.296 e. The predicted molar refractivity (Wildman–Crippen MR) is 80.5 cm³/mol. The molecular weight excluding hydrogens is 254 g/mol. The van der Waals surface area contributed by atoms with Gasteiger partial charge in [-0.15, -0.1) is 0 Å². The van der Waals surface area contributed by atoms with Crippen molar-refractivity contribution in [3.63, 3.8) is 0 Å². The summed E-state index contributed by atoms with van der Waals surface area (Å²) in [6, 6.07) is 4.74. The second-order valence-electron chi connectivity index (χ2n) is 4.97. The second kappa shape index (κ2) is 5.90. The van der Waals surface area contributed by atoms with Crippen molar-refractivity contribution in [3.8, 4) is 5.75 Å². The van der Waals surface area contributed by atoms with E-state index in [0.29, 0.717) is 10.9 Å². The normalized spacial score (nSPS) is 10.9. The summed E-state index contributed by atoms with van der Waals surface area (Å²) in [4.78, 5) is 25.7. The fourth-order valence-electron chi connectivity index (χ4n) is 2.57. The smallest absolute Gasteiger partial charge is 0.296 e. The molecule has 4 nitrogen and oxygen atoms in total. The van der Waals surface area contributed by atoms with Gasteiger partial charge in [0.1, 0.15) is 5.75 Å². The number of aromatic hydroxyl groups is 1. The van der Waals surface area contributed by atoms with E-state index in [1.165, 1.54) is 0 Å².